The smallest absolute Gasteiger partial charge is 0.399 e. The Balaban J connectivity index is 1.64. The molecule has 1 N–H and O–H groups in total. The summed E-state index contributed by atoms with van der Waals surface area (Å²) in [5, 5.41) is 3.11. The third kappa shape index (κ3) is 3.24. The molecular formula is C19H28BNO3. The van der Waals surface area contributed by atoms with Crippen LogP contribution in [0, 0.1) is 5.92 Å². The highest BCUT2D eigenvalue weighted by Crippen LogP contribution is 2.36. The number of hydrogen-bond acceptors (Lipinski definition) is 3. The van der Waals surface area contributed by atoms with Gasteiger partial charge in [-0.25, -0.2) is 0 Å². The molecule has 1 aromatic carbocycles. The average Bonchev–Trinajstić information content (AvgIpc) is 2.65. The third-order valence-electron chi connectivity index (χ3n) is 5.80. The zero-order chi connectivity index (χ0) is 17.5. The molecular weight excluding hydrogens is 301 g/mol. The highest BCUT2D eigenvalue weighted by Gasteiger charge is 2.51. The lowest BCUT2D eigenvalue weighted by molar-refractivity contribution is -0.128. The SMILES string of the molecule is CC(NC(=O)C1CCC1)c1ccc(B2OC(C)(C)C(C)(C)O2)cc1. The molecule has 0 aromatic heterocycles. The number of hydrogen-bond donors (Lipinski definition) is 1. The van der Waals surface area contributed by atoms with Gasteiger partial charge in [-0.1, -0.05) is 30.7 Å². The molecule has 1 aliphatic heterocycles. The second kappa shape index (κ2) is 6.19. The predicted molar refractivity (Wildman–Crippen MR) is 96.1 cm³/mol. The molecule has 3 rings (SSSR count). The molecule has 1 atom stereocenters. The normalized spacial score (nSPS) is 23.6. The minimum Gasteiger partial charge on any atom is -0.399 e. The quantitative estimate of drug-likeness (QED) is 0.864. The first-order valence-electron chi connectivity index (χ1n) is 8.95. The van der Waals surface area contributed by atoms with Crippen LogP contribution in [0.25, 0.3) is 0 Å². The third-order valence-corrected chi connectivity index (χ3v) is 5.80. The summed E-state index contributed by atoms with van der Waals surface area (Å²) in [6.07, 6.45) is 3.23. The summed E-state index contributed by atoms with van der Waals surface area (Å²) < 4.78 is 12.2. The molecule has 5 heteroatoms. The maximum atomic E-state index is 12.1. The van der Waals surface area contributed by atoms with Crippen LogP contribution in [0.5, 0.6) is 0 Å². The van der Waals surface area contributed by atoms with Gasteiger partial charge in [-0.3, -0.25) is 4.79 Å². The van der Waals surface area contributed by atoms with E-state index in [0.29, 0.717) is 0 Å². The summed E-state index contributed by atoms with van der Waals surface area (Å²) in [6, 6.07) is 8.18. The molecule has 1 aromatic rings. The Morgan fingerprint density at radius 3 is 2.12 bits per heavy atom. The molecule has 130 valence electrons. The van der Waals surface area contributed by atoms with Crippen LogP contribution in [0.2, 0.25) is 0 Å². The Bertz CT molecular complexity index is 592. The molecule has 1 saturated carbocycles. The minimum atomic E-state index is -0.344. The second-order valence-corrected chi connectivity index (χ2v) is 8.11. The molecule has 4 nitrogen and oxygen atoms in total. The topological polar surface area (TPSA) is 47.6 Å². The highest BCUT2D eigenvalue weighted by atomic mass is 16.7. The number of amides is 1. The van der Waals surface area contributed by atoms with Gasteiger partial charge in [0, 0.05) is 5.92 Å². The van der Waals surface area contributed by atoms with Crippen LogP contribution in [0.3, 0.4) is 0 Å². The van der Waals surface area contributed by atoms with Gasteiger partial charge < -0.3 is 14.6 Å². The molecule has 1 saturated heterocycles. The first-order valence-corrected chi connectivity index (χ1v) is 8.95. The summed E-state index contributed by atoms with van der Waals surface area (Å²) in [5.41, 5.74) is 1.44. The van der Waals surface area contributed by atoms with Crippen LogP contribution < -0.4 is 10.8 Å². The van der Waals surface area contributed by atoms with Crippen molar-refractivity contribution in [3.8, 4) is 0 Å². The fourth-order valence-electron chi connectivity index (χ4n) is 3.01. The van der Waals surface area contributed by atoms with Crippen molar-refractivity contribution in [2.45, 2.75) is 71.1 Å². The van der Waals surface area contributed by atoms with Gasteiger partial charge in [-0.15, -0.1) is 0 Å². The molecule has 1 amide bonds. The molecule has 2 fully saturated rings. The highest BCUT2D eigenvalue weighted by molar-refractivity contribution is 6.62. The Morgan fingerprint density at radius 1 is 1.12 bits per heavy atom. The molecule has 1 aliphatic carbocycles. The largest absolute Gasteiger partial charge is 0.494 e. The lowest BCUT2D eigenvalue weighted by Gasteiger charge is -2.32. The van der Waals surface area contributed by atoms with Crippen molar-refractivity contribution in [1.82, 2.24) is 5.32 Å². The van der Waals surface area contributed by atoms with E-state index in [1.54, 1.807) is 0 Å². The van der Waals surface area contributed by atoms with Crippen molar-refractivity contribution in [2.24, 2.45) is 5.92 Å². The predicted octanol–water partition coefficient (Wildman–Crippen LogP) is 2.96. The number of benzene rings is 1. The van der Waals surface area contributed by atoms with Gasteiger partial charge in [-0.2, -0.15) is 0 Å². The van der Waals surface area contributed by atoms with Gasteiger partial charge in [0.1, 0.15) is 0 Å². The van der Waals surface area contributed by atoms with Gasteiger partial charge in [0.2, 0.25) is 5.91 Å². The average molecular weight is 329 g/mol. The van der Waals surface area contributed by atoms with E-state index < -0.39 is 0 Å². The Morgan fingerprint density at radius 2 is 1.67 bits per heavy atom. The van der Waals surface area contributed by atoms with Crippen molar-refractivity contribution in [2.75, 3.05) is 0 Å². The van der Waals surface area contributed by atoms with Crippen molar-refractivity contribution in [3.63, 3.8) is 0 Å². The molecule has 0 radical (unpaired) electrons. The maximum Gasteiger partial charge on any atom is 0.494 e. The molecule has 0 spiro atoms. The Kier molecular flexibility index (Phi) is 4.52. The van der Waals surface area contributed by atoms with Gasteiger partial charge in [-0.05, 0) is 58.5 Å². The van der Waals surface area contributed by atoms with Crippen molar-refractivity contribution >= 4 is 18.5 Å². The molecule has 1 unspecified atom stereocenters. The summed E-state index contributed by atoms with van der Waals surface area (Å²) in [6.45, 7) is 10.2. The van der Waals surface area contributed by atoms with E-state index in [1.807, 2.05) is 31.2 Å². The van der Waals surface area contributed by atoms with E-state index in [0.717, 1.165) is 23.9 Å². The standard InChI is InChI=1S/C19H28BNO3/c1-13(21-17(22)15-7-6-8-15)14-9-11-16(12-10-14)20-23-18(2,3)19(4,5)24-20/h9-13,15H,6-8H2,1-5H3,(H,21,22). The summed E-state index contributed by atoms with van der Waals surface area (Å²) in [5.74, 6) is 0.403. The number of nitrogens with one attached hydrogen (secondary N) is 1. The van der Waals surface area contributed by atoms with Gasteiger partial charge in [0.25, 0.3) is 0 Å². The van der Waals surface area contributed by atoms with Crippen molar-refractivity contribution in [3.05, 3.63) is 29.8 Å². The number of carbonyl (C=O) groups is 1. The minimum absolute atomic E-state index is 0.0189. The fraction of sp³-hybridized carbons (Fsp3) is 0.632. The van der Waals surface area contributed by atoms with Gasteiger partial charge >= 0.3 is 7.12 Å². The van der Waals surface area contributed by atoms with E-state index >= 15 is 0 Å². The second-order valence-electron chi connectivity index (χ2n) is 8.11. The van der Waals surface area contributed by atoms with Crippen LogP contribution in [0.4, 0.5) is 0 Å². The first kappa shape index (κ1) is 17.5. The summed E-state index contributed by atoms with van der Waals surface area (Å²) >= 11 is 0. The van der Waals surface area contributed by atoms with Crippen molar-refractivity contribution < 1.29 is 14.1 Å². The molecule has 0 bridgehead atoms. The van der Waals surface area contributed by atoms with Gasteiger partial charge in [0.15, 0.2) is 0 Å². The van der Waals surface area contributed by atoms with Crippen LogP contribution in [0.15, 0.2) is 24.3 Å². The van der Waals surface area contributed by atoms with Gasteiger partial charge in [0.05, 0.1) is 17.2 Å². The summed E-state index contributed by atoms with van der Waals surface area (Å²) in [4.78, 5) is 12.1. The van der Waals surface area contributed by atoms with E-state index in [1.165, 1.54) is 6.42 Å². The molecule has 24 heavy (non-hydrogen) atoms. The fourth-order valence-corrected chi connectivity index (χ4v) is 3.01. The molecule has 1 heterocycles. The van der Waals surface area contributed by atoms with Crippen LogP contribution in [-0.2, 0) is 14.1 Å². The monoisotopic (exact) mass is 329 g/mol. The lowest BCUT2D eigenvalue weighted by atomic mass is 9.78. The maximum absolute atomic E-state index is 12.1. The van der Waals surface area contributed by atoms with Crippen molar-refractivity contribution in [1.29, 1.82) is 0 Å². The van der Waals surface area contributed by atoms with E-state index in [9.17, 15) is 4.79 Å². The van der Waals surface area contributed by atoms with E-state index in [2.05, 4.69) is 33.0 Å². The summed E-state index contributed by atoms with van der Waals surface area (Å²) in [7, 11) is -0.344. The first-order chi connectivity index (χ1) is 11.2. The number of rotatable bonds is 4. The van der Waals surface area contributed by atoms with Crippen LogP contribution >= 0.6 is 0 Å². The Hall–Kier alpha value is -1.33. The van der Waals surface area contributed by atoms with Crippen LogP contribution in [0.1, 0.15) is 65.5 Å². The zero-order valence-electron chi connectivity index (χ0n) is 15.4. The molecule has 2 aliphatic rings. The van der Waals surface area contributed by atoms with E-state index in [4.69, 9.17) is 9.31 Å². The number of carbonyl (C=O) groups excluding carboxylic acids is 1. The lowest BCUT2D eigenvalue weighted by Crippen LogP contribution is -2.41. The van der Waals surface area contributed by atoms with Crippen LogP contribution in [-0.4, -0.2) is 24.2 Å². The zero-order valence-corrected chi connectivity index (χ0v) is 15.4. The van der Waals surface area contributed by atoms with E-state index in [-0.39, 0.29) is 36.2 Å². The Labute approximate surface area is 145 Å².